The van der Waals surface area contributed by atoms with Crippen LogP contribution in [-0.2, 0) is 0 Å². The van der Waals surface area contributed by atoms with Gasteiger partial charge in [0.25, 0.3) is 0 Å². The summed E-state index contributed by atoms with van der Waals surface area (Å²) in [7, 11) is 0. The summed E-state index contributed by atoms with van der Waals surface area (Å²) in [6, 6.07) is 0.763. The van der Waals surface area contributed by atoms with Crippen LogP contribution in [0.5, 0.6) is 0 Å². The molecule has 0 radical (unpaired) electrons. The van der Waals surface area contributed by atoms with Crippen LogP contribution in [0.4, 0.5) is 0 Å². The van der Waals surface area contributed by atoms with Gasteiger partial charge in [0.2, 0.25) is 0 Å². The Hall–Kier alpha value is -0.0800. The van der Waals surface area contributed by atoms with E-state index in [0.29, 0.717) is 5.41 Å². The van der Waals surface area contributed by atoms with Crippen molar-refractivity contribution in [1.29, 1.82) is 0 Å². The molecule has 0 aromatic heterocycles. The Labute approximate surface area is 82.3 Å². The first-order valence-corrected chi connectivity index (χ1v) is 5.57. The fourth-order valence-corrected chi connectivity index (χ4v) is 1.84. The molecule has 78 valence electrons. The third-order valence-electron chi connectivity index (χ3n) is 3.13. The van der Waals surface area contributed by atoms with E-state index in [-0.39, 0.29) is 0 Å². The van der Waals surface area contributed by atoms with Crippen LogP contribution in [0.15, 0.2) is 0 Å². The molecule has 0 aromatic carbocycles. The van der Waals surface area contributed by atoms with Crippen molar-refractivity contribution in [2.75, 3.05) is 13.1 Å². The number of nitrogens with two attached hydrogens (primary N) is 1. The molecule has 0 saturated carbocycles. The third kappa shape index (κ3) is 4.10. The molecule has 0 aromatic rings. The minimum atomic E-state index is 0.332. The Bertz CT molecular complexity index is 137. The summed E-state index contributed by atoms with van der Waals surface area (Å²) in [5, 5.41) is 3.57. The van der Waals surface area contributed by atoms with Crippen molar-refractivity contribution in [3.8, 4) is 0 Å². The van der Waals surface area contributed by atoms with Gasteiger partial charge in [0.15, 0.2) is 0 Å². The van der Waals surface area contributed by atoms with Gasteiger partial charge in [0.05, 0.1) is 0 Å². The van der Waals surface area contributed by atoms with Gasteiger partial charge >= 0.3 is 0 Å². The number of hydrogen-bond acceptors (Lipinski definition) is 2. The molecule has 3 N–H and O–H groups in total. The van der Waals surface area contributed by atoms with Gasteiger partial charge in [-0.1, -0.05) is 20.3 Å². The van der Waals surface area contributed by atoms with E-state index in [0.717, 1.165) is 12.6 Å². The lowest BCUT2D eigenvalue weighted by Gasteiger charge is -2.28. The van der Waals surface area contributed by atoms with Gasteiger partial charge in [-0.3, -0.25) is 0 Å². The molecule has 1 unspecified atom stereocenters. The van der Waals surface area contributed by atoms with E-state index in [1.54, 1.807) is 0 Å². The molecular weight excluding hydrogens is 160 g/mol. The van der Waals surface area contributed by atoms with Crippen LogP contribution in [-0.4, -0.2) is 19.1 Å². The van der Waals surface area contributed by atoms with E-state index < -0.39 is 0 Å². The van der Waals surface area contributed by atoms with Gasteiger partial charge in [-0.2, -0.15) is 0 Å². The molecule has 0 amide bonds. The number of rotatable bonds is 4. The summed E-state index contributed by atoms with van der Waals surface area (Å²) in [6.45, 7) is 6.54. The lowest BCUT2D eigenvalue weighted by molar-refractivity contribution is 0.288. The second-order valence-corrected chi connectivity index (χ2v) is 5.05. The predicted octanol–water partition coefficient (Wildman–Crippen LogP) is 1.89. The Morgan fingerprint density at radius 2 is 2.15 bits per heavy atom. The molecule has 0 bridgehead atoms. The molecule has 0 aliphatic carbocycles. The van der Waals surface area contributed by atoms with E-state index in [2.05, 4.69) is 19.2 Å². The molecule has 1 fully saturated rings. The molecule has 1 aliphatic heterocycles. The Morgan fingerprint density at radius 1 is 1.38 bits per heavy atom. The molecule has 1 rings (SSSR count). The van der Waals surface area contributed by atoms with Crippen LogP contribution < -0.4 is 11.1 Å². The zero-order chi connectivity index (χ0) is 9.73. The standard InChI is InChI=1S/C11H24N2/c1-11(2,9-12)7-6-10-5-3-4-8-13-10/h10,13H,3-9,12H2,1-2H3. The summed E-state index contributed by atoms with van der Waals surface area (Å²) in [5.74, 6) is 0. The Morgan fingerprint density at radius 3 is 2.69 bits per heavy atom. The number of piperidine rings is 1. The second-order valence-electron chi connectivity index (χ2n) is 5.05. The summed E-state index contributed by atoms with van der Waals surface area (Å²) in [5.41, 5.74) is 6.03. The summed E-state index contributed by atoms with van der Waals surface area (Å²) >= 11 is 0. The molecule has 1 atom stereocenters. The maximum absolute atomic E-state index is 5.70. The van der Waals surface area contributed by atoms with Crippen molar-refractivity contribution < 1.29 is 0 Å². The highest BCUT2D eigenvalue weighted by Crippen LogP contribution is 2.23. The first kappa shape index (κ1) is 11.0. The van der Waals surface area contributed by atoms with Crippen LogP contribution in [0.2, 0.25) is 0 Å². The number of nitrogens with one attached hydrogen (secondary N) is 1. The van der Waals surface area contributed by atoms with Gasteiger partial charge in [-0.15, -0.1) is 0 Å². The molecule has 1 saturated heterocycles. The highest BCUT2D eigenvalue weighted by Gasteiger charge is 2.19. The molecule has 13 heavy (non-hydrogen) atoms. The van der Waals surface area contributed by atoms with E-state index in [9.17, 15) is 0 Å². The lowest BCUT2D eigenvalue weighted by Crippen LogP contribution is -2.35. The molecule has 1 aliphatic rings. The van der Waals surface area contributed by atoms with E-state index >= 15 is 0 Å². The van der Waals surface area contributed by atoms with Gasteiger partial charge in [-0.05, 0) is 44.2 Å². The van der Waals surface area contributed by atoms with E-state index in [1.165, 1.54) is 38.6 Å². The van der Waals surface area contributed by atoms with E-state index in [1.807, 2.05) is 0 Å². The van der Waals surface area contributed by atoms with Crippen LogP contribution >= 0.6 is 0 Å². The molecule has 2 nitrogen and oxygen atoms in total. The van der Waals surface area contributed by atoms with Crippen molar-refractivity contribution in [2.45, 2.75) is 52.0 Å². The van der Waals surface area contributed by atoms with Crippen LogP contribution in [0.3, 0.4) is 0 Å². The Kier molecular flexibility index (Phi) is 4.20. The first-order valence-electron chi connectivity index (χ1n) is 5.57. The maximum Gasteiger partial charge on any atom is 0.00672 e. The third-order valence-corrected chi connectivity index (χ3v) is 3.13. The topological polar surface area (TPSA) is 38.0 Å². The van der Waals surface area contributed by atoms with Gasteiger partial charge in [0.1, 0.15) is 0 Å². The zero-order valence-electron chi connectivity index (χ0n) is 9.10. The van der Waals surface area contributed by atoms with E-state index in [4.69, 9.17) is 5.73 Å². The zero-order valence-corrected chi connectivity index (χ0v) is 9.10. The minimum absolute atomic E-state index is 0.332. The average Bonchev–Trinajstić information content (AvgIpc) is 2.17. The van der Waals surface area contributed by atoms with Gasteiger partial charge in [0, 0.05) is 6.04 Å². The second kappa shape index (κ2) is 4.97. The summed E-state index contributed by atoms with van der Waals surface area (Å²) in [6.07, 6.45) is 6.67. The monoisotopic (exact) mass is 184 g/mol. The van der Waals surface area contributed by atoms with Gasteiger partial charge in [-0.25, -0.2) is 0 Å². The average molecular weight is 184 g/mol. The van der Waals surface area contributed by atoms with Crippen molar-refractivity contribution in [3.05, 3.63) is 0 Å². The predicted molar refractivity (Wildman–Crippen MR) is 57.7 cm³/mol. The summed E-state index contributed by atoms with van der Waals surface area (Å²) < 4.78 is 0. The highest BCUT2D eigenvalue weighted by molar-refractivity contribution is 4.77. The molecular formula is C11H24N2. The molecule has 1 heterocycles. The van der Waals surface area contributed by atoms with Crippen LogP contribution in [0.1, 0.15) is 46.0 Å². The van der Waals surface area contributed by atoms with Crippen molar-refractivity contribution in [3.63, 3.8) is 0 Å². The normalized spacial score (nSPS) is 24.7. The largest absolute Gasteiger partial charge is 0.330 e. The lowest BCUT2D eigenvalue weighted by atomic mass is 9.85. The quantitative estimate of drug-likeness (QED) is 0.700. The Balaban J connectivity index is 2.17. The van der Waals surface area contributed by atoms with Gasteiger partial charge < -0.3 is 11.1 Å². The maximum atomic E-state index is 5.70. The number of hydrogen-bond donors (Lipinski definition) is 2. The molecule has 2 heteroatoms. The fraction of sp³-hybridized carbons (Fsp3) is 1.00. The first-order chi connectivity index (χ1) is 6.14. The van der Waals surface area contributed by atoms with Crippen molar-refractivity contribution in [1.82, 2.24) is 5.32 Å². The minimum Gasteiger partial charge on any atom is -0.330 e. The van der Waals surface area contributed by atoms with Crippen LogP contribution in [0.25, 0.3) is 0 Å². The van der Waals surface area contributed by atoms with Crippen molar-refractivity contribution >= 4 is 0 Å². The smallest absolute Gasteiger partial charge is 0.00672 e. The highest BCUT2D eigenvalue weighted by atomic mass is 14.9. The molecule has 0 spiro atoms. The summed E-state index contributed by atoms with van der Waals surface area (Å²) in [4.78, 5) is 0. The van der Waals surface area contributed by atoms with Crippen molar-refractivity contribution in [2.24, 2.45) is 11.1 Å². The van der Waals surface area contributed by atoms with Crippen LogP contribution in [0, 0.1) is 5.41 Å². The fourth-order valence-electron chi connectivity index (χ4n) is 1.84. The SMILES string of the molecule is CC(C)(CN)CCC1CCCCN1.